The van der Waals surface area contributed by atoms with E-state index in [9.17, 15) is 4.79 Å². The van der Waals surface area contributed by atoms with Crippen LogP contribution in [0.4, 0.5) is 5.69 Å². The summed E-state index contributed by atoms with van der Waals surface area (Å²) in [5, 5.41) is 6.13. The number of rotatable bonds is 5. The molecule has 1 amide bonds. The number of benzene rings is 1. The Morgan fingerprint density at radius 3 is 2.55 bits per heavy atom. The molecule has 0 aliphatic heterocycles. The molecule has 0 fully saturated rings. The van der Waals surface area contributed by atoms with Crippen molar-refractivity contribution in [2.45, 2.75) is 32.9 Å². The molecule has 2 N–H and O–H groups in total. The number of carbonyl (C=O) groups is 1. The lowest BCUT2D eigenvalue weighted by molar-refractivity contribution is -0.119. The molecule has 0 aromatic heterocycles. The zero-order valence-corrected chi connectivity index (χ0v) is 14.5. The average Bonchev–Trinajstić information content (AvgIpc) is 2.35. The van der Waals surface area contributed by atoms with Gasteiger partial charge in [0.1, 0.15) is 0 Å². The van der Waals surface area contributed by atoms with E-state index in [1.807, 2.05) is 24.1 Å². The summed E-state index contributed by atoms with van der Waals surface area (Å²) >= 11 is 3.50. The number of nitrogens with zero attached hydrogens (tertiary/aromatic N) is 1. The largest absolute Gasteiger partial charge is 0.365 e. The predicted octanol–water partition coefficient (Wildman–Crippen LogP) is 2.52. The van der Waals surface area contributed by atoms with Gasteiger partial charge in [-0.1, -0.05) is 15.9 Å². The Balaban J connectivity index is 2.92. The Morgan fingerprint density at radius 2 is 2.00 bits per heavy atom. The number of halogens is 1. The number of nitrogens with one attached hydrogen (secondary N) is 2. The van der Waals surface area contributed by atoms with E-state index in [2.05, 4.69) is 53.4 Å². The first kappa shape index (κ1) is 17.0. The summed E-state index contributed by atoms with van der Waals surface area (Å²) in [4.78, 5) is 13.5. The maximum Gasteiger partial charge on any atom is 0.239 e. The molecule has 1 rings (SSSR count). The quantitative estimate of drug-likeness (QED) is 0.864. The van der Waals surface area contributed by atoms with E-state index in [1.165, 1.54) is 5.56 Å². The maximum atomic E-state index is 11.5. The molecule has 1 aromatic rings. The number of anilines is 1. The van der Waals surface area contributed by atoms with E-state index >= 15 is 0 Å². The van der Waals surface area contributed by atoms with E-state index in [0.717, 1.165) is 16.7 Å². The summed E-state index contributed by atoms with van der Waals surface area (Å²) in [6.07, 6.45) is 0. The van der Waals surface area contributed by atoms with Crippen LogP contribution in [0.15, 0.2) is 22.7 Å². The van der Waals surface area contributed by atoms with Gasteiger partial charge in [-0.2, -0.15) is 0 Å². The van der Waals surface area contributed by atoms with Gasteiger partial charge in [0.05, 0.1) is 6.54 Å². The molecule has 1 aromatic carbocycles. The Kier molecular flexibility index (Phi) is 6.02. The normalized spacial score (nSPS) is 11.3. The van der Waals surface area contributed by atoms with Gasteiger partial charge in [-0.05, 0) is 44.5 Å². The van der Waals surface area contributed by atoms with Gasteiger partial charge in [0.2, 0.25) is 5.91 Å². The van der Waals surface area contributed by atoms with Gasteiger partial charge in [-0.3, -0.25) is 4.79 Å². The second-order valence-corrected chi connectivity index (χ2v) is 6.82. The van der Waals surface area contributed by atoms with Crippen LogP contribution in [0.3, 0.4) is 0 Å². The molecule has 4 nitrogen and oxygen atoms in total. The molecular formula is C15H24BrN3O. The molecule has 0 radical (unpaired) electrons. The Morgan fingerprint density at radius 1 is 1.35 bits per heavy atom. The fourth-order valence-electron chi connectivity index (χ4n) is 1.81. The maximum absolute atomic E-state index is 11.5. The summed E-state index contributed by atoms with van der Waals surface area (Å²) < 4.78 is 1.04. The van der Waals surface area contributed by atoms with Crippen molar-refractivity contribution >= 4 is 27.5 Å². The fraction of sp³-hybridized carbons (Fsp3) is 0.533. The Hall–Kier alpha value is -1.07. The Bertz CT molecular complexity index is 469. The van der Waals surface area contributed by atoms with Gasteiger partial charge < -0.3 is 15.5 Å². The first-order chi connectivity index (χ1) is 9.23. The number of hydrogen-bond acceptors (Lipinski definition) is 3. The molecule has 0 spiro atoms. The zero-order chi connectivity index (χ0) is 15.3. The Labute approximate surface area is 130 Å². The van der Waals surface area contributed by atoms with Crippen molar-refractivity contribution < 1.29 is 4.79 Å². The highest BCUT2D eigenvalue weighted by atomic mass is 79.9. The van der Waals surface area contributed by atoms with Crippen molar-refractivity contribution in [3.05, 3.63) is 28.2 Å². The van der Waals surface area contributed by atoms with Crippen molar-refractivity contribution in [3.63, 3.8) is 0 Å². The number of amides is 1. The zero-order valence-electron chi connectivity index (χ0n) is 12.9. The third-order valence-electron chi connectivity index (χ3n) is 2.92. The van der Waals surface area contributed by atoms with Crippen LogP contribution in [0, 0.1) is 0 Å². The number of hydrogen-bond donors (Lipinski definition) is 2. The standard InChI is InChI=1S/C15H24BrN3O/c1-15(2,3)18-9-11-8-12(16)6-7-13(11)19(5)10-14(20)17-4/h6-8,18H,9-10H2,1-5H3,(H,17,20). The highest BCUT2D eigenvalue weighted by Gasteiger charge is 2.14. The molecular weight excluding hydrogens is 318 g/mol. The van der Waals surface area contributed by atoms with Crippen LogP contribution in [0.5, 0.6) is 0 Å². The topological polar surface area (TPSA) is 44.4 Å². The molecule has 0 unspecified atom stereocenters. The molecule has 0 saturated heterocycles. The van der Waals surface area contributed by atoms with Crippen molar-refractivity contribution in [2.24, 2.45) is 0 Å². The summed E-state index contributed by atoms with van der Waals surface area (Å²) in [5.74, 6) is 0.00477. The van der Waals surface area contributed by atoms with Crippen molar-refractivity contribution in [1.29, 1.82) is 0 Å². The smallest absolute Gasteiger partial charge is 0.239 e. The number of likely N-dealkylation sites (N-methyl/N-ethyl adjacent to an activating group) is 2. The van der Waals surface area contributed by atoms with Crippen molar-refractivity contribution in [1.82, 2.24) is 10.6 Å². The first-order valence-electron chi connectivity index (χ1n) is 6.68. The molecule has 112 valence electrons. The van der Waals surface area contributed by atoms with Gasteiger partial charge in [-0.25, -0.2) is 0 Å². The summed E-state index contributed by atoms with van der Waals surface area (Å²) in [5.41, 5.74) is 2.29. The van der Waals surface area contributed by atoms with Crippen molar-refractivity contribution in [3.8, 4) is 0 Å². The lowest BCUT2D eigenvalue weighted by Crippen LogP contribution is -2.36. The minimum atomic E-state index is 0.00477. The second kappa shape index (κ2) is 7.09. The highest BCUT2D eigenvalue weighted by molar-refractivity contribution is 9.10. The van der Waals surface area contributed by atoms with Crippen LogP contribution in [0.1, 0.15) is 26.3 Å². The van der Waals surface area contributed by atoms with E-state index in [0.29, 0.717) is 6.54 Å². The average molecular weight is 342 g/mol. The van der Waals surface area contributed by atoms with Gasteiger partial charge in [0.15, 0.2) is 0 Å². The SMILES string of the molecule is CNC(=O)CN(C)c1ccc(Br)cc1CNC(C)(C)C. The molecule has 0 heterocycles. The third kappa shape index (κ3) is 5.51. The summed E-state index contributed by atoms with van der Waals surface area (Å²) in [6.45, 7) is 7.52. The second-order valence-electron chi connectivity index (χ2n) is 5.91. The van der Waals surface area contributed by atoms with Crippen LogP contribution in [0.2, 0.25) is 0 Å². The van der Waals surface area contributed by atoms with Crippen LogP contribution in [-0.4, -0.2) is 32.1 Å². The van der Waals surface area contributed by atoms with Gasteiger partial charge in [-0.15, -0.1) is 0 Å². The third-order valence-corrected chi connectivity index (χ3v) is 3.41. The highest BCUT2D eigenvalue weighted by Crippen LogP contribution is 2.24. The molecule has 0 aliphatic carbocycles. The monoisotopic (exact) mass is 341 g/mol. The van der Waals surface area contributed by atoms with Crippen LogP contribution < -0.4 is 15.5 Å². The van der Waals surface area contributed by atoms with E-state index in [4.69, 9.17) is 0 Å². The number of carbonyl (C=O) groups excluding carboxylic acids is 1. The van der Waals surface area contributed by atoms with E-state index in [1.54, 1.807) is 7.05 Å². The predicted molar refractivity (Wildman–Crippen MR) is 88.1 cm³/mol. The van der Waals surface area contributed by atoms with E-state index in [-0.39, 0.29) is 11.4 Å². The van der Waals surface area contributed by atoms with Crippen LogP contribution >= 0.6 is 15.9 Å². The van der Waals surface area contributed by atoms with E-state index < -0.39 is 0 Å². The van der Waals surface area contributed by atoms with Gasteiger partial charge >= 0.3 is 0 Å². The molecule has 5 heteroatoms. The summed E-state index contributed by atoms with van der Waals surface area (Å²) in [6, 6.07) is 6.12. The lowest BCUT2D eigenvalue weighted by Gasteiger charge is -2.25. The van der Waals surface area contributed by atoms with Gasteiger partial charge in [0, 0.05) is 36.3 Å². The molecule has 20 heavy (non-hydrogen) atoms. The molecule has 0 bridgehead atoms. The summed E-state index contributed by atoms with van der Waals surface area (Å²) in [7, 11) is 3.58. The lowest BCUT2D eigenvalue weighted by atomic mass is 10.1. The van der Waals surface area contributed by atoms with Crippen LogP contribution in [0.25, 0.3) is 0 Å². The molecule has 0 aliphatic rings. The van der Waals surface area contributed by atoms with Crippen molar-refractivity contribution in [2.75, 3.05) is 25.5 Å². The first-order valence-corrected chi connectivity index (χ1v) is 7.47. The molecule has 0 atom stereocenters. The minimum Gasteiger partial charge on any atom is -0.365 e. The fourth-order valence-corrected chi connectivity index (χ4v) is 2.22. The van der Waals surface area contributed by atoms with Crippen LogP contribution in [-0.2, 0) is 11.3 Å². The van der Waals surface area contributed by atoms with Gasteiger partial charge in [0.25, 0.3) is 0 Å². The molecule has 0 saturated carbocycles. The minimum absolute atomic E-state index is 0.00477.